The molecule has 1 aliphatic heterocycles. The van der Waals surface area contributed by atoms with E-state index in [4.69, 9.17) is 0 Å². The molecule has 1 aliphatic carbocycles. The lowest BCUT2D eigenvalue weighted by atomic mass is 9.86. The van der Waals surface area contributed by atoms with E-state index in [0.717, 1.165) is 12.0 Å². The van der Waals surface area contributed by atoms with Crippen LogP contribution in [0.15, 0.2) is 0 Å². The predicted molar refractivity (Wildman–Crippen MR) is 78.9 cm³/mol. The Morgan fingerprint density at radius 3 is 2.50 bits per heavy atom. The highest BCUT2D eigenvalue weighted by atomic mass is 15.2. The van der Waals surface area contributed by atoms with E-state index in [1.807, 2.05) is 0 Å². The summed E-state index contributed by atoms with van der Waals surface area (Å²) in [5.41, 5.74) is 0.348. The normalized spacial score (nSPS) is 35.8. The van der Waals surface area contributed by atoms with Gasteiger partial charge in [-0.05, 0) is 38.5 Å². The quantitative estimate of drug-likeness (QED) is 0.825. The monoisotopic (exact) mass is 252 g/mol. The third-order valence-electron chi connectivity index (χ3n) is 5.30. The van der Waals surface area contributed by atoms with E-state index in [0.29, 0.717) is 5.54 Å². The molecule has 0 aromatic rings. The van der Waals surface area contributed by atoms with Crippen LogP contribution in [0.3, 0.4) is 0 Å². The summed E-state index contributed by atoms with van der Waals surface area (Å²) in [7, 11) is 0. The van der Waals surface area contributed by atoms with Crippen LogP contribution in [-0.4, -0.2) is 36.1 Å². The van der Waals surface area contributed by atoms with Crippen LogP contribution < -0.4 is 5.32 Å². The smallest absolute Gasteiger partial charge is 0.0278 e. The SMILES string of the molecule is CCC1CNC(C)(CC)CN1CC1CCCCC1. The molecule has 2 nitrogen and oxygen atoms in total. The Bertz CT molecular complexity index is 247. The maximum absolute atomic E-state index is 3.77. The topological polar surface area (TPSA) is 15.3 Å². The standard InChI is InChI=1S/C16H32N2/c1-4-15-11-17-16(3,5-2)13-18(15)12-14-9-7-6-8-10-14/h14-15,17H,4-13H2,1-3H3. The zero-order valence-electron chi connectivity index (χ0n) is 12.7. The number of piperazine rings is 1. The fraction of sp³-hybridized carbons (Fsp3) is 1.00. The number of nitrogens with one attached hydrogen (secondary N) is 1. The summed E-state index contributed by atoms with van der Waals surface area (Å²) in [4.78, 5) is 2.80. The Balaban J connectivity index is 1.93. The second kappa shape index (κ2) is 6.38. The number of nitrogens with zero attached hydrogens (tertiary/aromatic N) is 1. The Kier molecular flexibility index (Phi) is 5.08. The van der Waals surface area contributed by atoms with Gasteiger partial charge >= 0.3 is 0 Å². The van der Waals surface area contributed by atoms with Crippen LogP contribution in [0.5, 0.6) is 0 Å². The second-order valence-electron chi connectivity index (χ2n) is 6.79. The molecule has 0 spiro atoms. The van der Waals surface area contributed by atoms with Gasteiger partial charge in [-0.15, -0.1) is 0 Å². The molecule has 106 valence electrons. The third kappa shape index (κ3) is 3.48. The molecule has 1 saturated carbocycles. The lowest BCUT2D eigenvalue weighted by Crippen LogP contribution is -2.63. The molecule has 2 aliphatic rings. The minimum atomic E-state index is 0.348. The van der Waals surface area contributed by atoms with Gasteiger partial charge in [0.25, 0.3) is 0 Å². The van der Waals surface area contributed by atoms with Crippen molar-refractivity contribution in [1.82, 2.24) is 10.2 Å². The van der Waals surface area contributed by atoms with Crippen molar-refractivity contribution in [2.45, 2.75) is 77.3 Å². The fourth-order valence-corrected chi connectivity index (χ4v) is 3.68. The van der Waals surface area contributed by atoms with E-state index < -0.39 is 0 Å². The largest absolute Gasteiger partial charge is 0.309 e. The first-order valence-corrected chi connectivity index (χ1v) is 8.16. The molecular weight excluding hydrogens is 220 g/mol. The van der Waals surface area contributed by atoms with Crippen molar-refractivity contribution in [2.75, 3.05) is 19.6 Å². The average Bonchev–Trinajstić information content (AvgIpc) is 2.40. The fourth-order valence-electron chi connectivity index (χ4n) is 3.68. The molecule has 2 fully saturated rings. The minimum absolute atomic E-state index is 0.348. The summed E-state index contributed by atoms with van der Waals surface area (Å²) in [5.74, 6) is 0.979. The summed E-state index contributed by atoms with van der Waals surface area (Å²) in [6.45, 7) is 10.8. The first-order valence-electron chi connectivity index (χ1n) is 8.16. The average molecular weight is 252 g/mol. The van der Waals surface area contributed by atoms with Gasteiger partial charge in [0, 0.05) is 31.2 Å². The van der Waals surface area contributed by atoms with Crippen molar-refractivity contribution in [3.8, 4) is 0 Å². The van der Waals surface area contributed by atoms with Crippen molar-refractivity contribution < 1.29 is 0 Å². The van der Waals surface area contributed by atoms with Gasteiger partial charge in [-0.3, -0.25) is 4.90 Å². The summed E-state index contributed by atoms with van der Waals surface area (Å²) in [5, 5.41) is 3.77. The van der Waals surface area contributed by atoms with Crippen LogP contribution >= 0.6 is 0 Å². The van der Waals surface area contributed by atoms with Gasteiger partial charge in [-0.2, -0.15) is 0 Å². The van der Waals surface area contributed by atoms with E-state index in [1.165, 1.54) is 64.6 Å². The predicted octanol–water partition coefficient (Wildman–Crippen LogP) is 3.42. The highest BCUT2D eigenvalue weighted by Crippen LogP contribution is 2.28. The molecule has 0 bridgehead atoms. The van der Waals surface area contributed by atoms with Crippen LogP contribution in [0.2, 0.25) is 0 Å². The van der Waals surface area contributed by atoms with Crippen LogP contribution in [0.25, 0.3) is 0 Å². The molecule has 1 N–H and O–H groups in total. The maximum atomic E-state index is 3.77. The van der Waals surface area contributed by atoms with Crippen molar-refractivity contribution >= 4 is 0 Å². The Hall–Kier alpha value is -0.0800. The summed E-state index contributed by atoms with van der Waals surface area (Å²) >= 11 is 0. The van der Waals surface area contributed by atoms with E-state index in [-0.39, 0.29) is 0 Å². The van der Waals surface area contributed by atoms with E-state index in [9.17, 15) is 0 Å². The minimum Gasteiger partial charge on any atom is -0.309 e. The molecule has 2 rings (SSSR count). The third-order valence-corrected chi connectivity index (χ3v) is 5.30. The van der Waals surface area contributed by atoms with Gasteiger partial charge in [0.15, 0.2) is 0 Å². The molecular formula is C16H32N2. The highest BCUT2D eigenvalue weighted by molar-refractivity contribution is 4.94. The van der Waals surface area contributed by atoms with Gasteiger partial charge in [-0.1, -0.05) is 33.1 Å². The molecule has 1 saturated heterocycles. The lowest BCUT2D eigenvalue weighted by molar-refractivity contribution is 0.0612. The van der Waals surface area contributed by atoms with Crippen LogP contribution in [0.1, 0.15) is 65.7 Å². The second-order valence-corrected chi connectivity index (χ2v) is 6.79. The van der Waals surface area contributed by atoms with Crippen molar-refractivity contribution in [2.24, 2.45) is 5.92 Å². The first-order chi connectivity index (χ1) is 8.67. The van der Waals surface area contributed by atoms with Crippen LogP contribution in [0.4, 0.5) is 0 Å². The zero-order chi connectivity index (χ0) is 13.0. The lowest BCUT2D eigenvalue weighted by Gasteiger charge is -2.47. The molecule has 2 unspecified atom stereocenters. The van der Waals surface area contributed by atoms with Crippen molar-refractivity contribution in [1.29, 1.82) is 0 Å². The van der Waals surface area contributed by atoms with Gasteiger partial charge in [-0.25, -0.2) is 0 Å². The molecule has 0 amide bonds. The van der Waals surface area contributed by atoms with Crippen molar-refractivity contribution in [3.05, 3.63) is 0 Å². The molecule has 2 atom stereocenters. The molecule has 0 radical (unpaired) electrons. The number of hydrogen-bond acceptors (Lipinski definition) is 2. The Morgan fingerprint density at radius 1 is 1.17 bits per heavy atom. The van der Waals surface area contributed by atoms with E-state index in [2.05, 4.69) is 31.0 Å². The van der Waals surface area contributed by atoms with Gasteiger partial charge in [0.2, 0.25) is 0 Å². The summed E-state index contributed by atoms with van der Waals surface area (Å²) in [6, 6.07) is 0.770. The van der Waals surface area contributed by atoms with E-state index >= 15 is 0 Å². The van der Waals surface area contributed by atoms with Crippen LogP contribution in [0, 0.1) is 5.92 Å². The Labute approximate surface area is 114 Å². The summed E-state index contributed by atoms with van der Waals surface area (Å²) < 4.78 is 0. The molecule has 1 heterocycles. The molecule has 2 heteroatoms. The molecule has 18 heavy (non-hydrogen) atoms. The van der Waals surface area contributed by atoms with Crippen molar-refractivity contribution in [3.63, 3.8) is 0 Å². The summed E-state index contributed by atoms with van der Waals surface area (Å²) in [6.07, 6.45) is 9.90. The number of hydrogen-bond donors (Lipinski definition) is 1. The molecule has 0 aromatic carbocycles. The van der Waals surface area contributed by atoms with Gasteiger partial charge in [0.05, 0.1) is 0 Å². The highest BCUT2D eigenvalue weighted by Gasteiger charge is 2.34. The molecule has 0 aromatic heterocycles. The van der Waals surface area contributed by atoms with Crippen LogP contribution in [-0.2, 0) is 0 Å². The number of rotatable bonds is 4. The van der Waals surface area contributed by atoms with E-state index in [1.54, 1.807) is 0 Å². The first kappa shape index (κ1) is 14.3. The van der Waals surface area contributed by atoms with Gasteiger partial charge in [0.1, 0.15) is 0 Å². The van der Waals surface area contributed by atoms with Gasteiger partial charge < -0.3 is 5.32 Å². The Morgan fingerprint density at radius 2 is 1.89 bits per heavy atom. The maximum Gasteiger partial charge on any atom is 0.0278 e. The zero-order valence-corrected chi connectivity index (χ0v) is 12.7.